The van der Waals surface area contributed by atoms with Crippen LogP contribution in [0.4, 0.5) is 11.8 Å². The van der Waals surface area contributed by atoms with Gasteiger partial charge in [0.25, 0.3) is 0 Å². The van der Waals surface area contributed by atoms with Crippen LogP contribution in [0.2, 0.25) is 0 Å². The number of hydrazone groups is 1. The summed E-state index contributed by atoms with van der Waals surface area (Å²) in [4.78, 5) is 26.8. The Balaban J connectivity index is 1.27. The third-order valence-corrected chi connectivity index (χ3v) is 8.68. The van der Waals surface area contributed by atoms with Gasteiger partial charge in [-0.1, -0.05) is 48.5 Å². The Morgan fingerprint density at radius 2 is 1.74 bits per heavy atom. The predicted octanol–water partition coefficient (Wildman–Crippen LogP) is 4.13. The summed E-state index contributed by atoms with van der Waals surface area (Å²) < 4.78 is 11.2. The highest BCUT2D eigenvalue weighted by atomic mass is 16.5. The van der Waals surface area contributed by atoms with Gasteiger partial charge < -0.3 is 25.8 Å². The topological polar surface area (TPSA) is 135 Å². The highest BCUT2D eigenvalue weighted by Crippen LogP contribution is 2.36. The zero-order valence-corrected chi connectivity index (χ0v) is 27.0. The van der Waals surface area contributed by atoms with Crippen LogP contribution < -0.4 is 20.9 Å². The van der Waals surface area contributed by atoms with Crippen molar-refractivity contribution in [3.63, 3.8) is 0 Å². The average Bonchev–Trinajstić information content (AvgIpc) is 3.09. The number of aromatic nitrogens is 2. The zero-order chi connectivity index (χ0) is 32.9. The Morgan fingerprint density at radius 3 is 2.47 bits per heavy atom. The maximum absolute atomic E-state index is 13.8. The molecule has 2 aliphatic heterocycles. The van der Waals surface area contributed by atoms with Crippen LogP contribution >= 0.6 is 0 Å². The summed E-state index contributed by atoms with van der Waals surface area (Å²) >= 11 is 0. The van der Waals surface area contributed by atoms with E-state index in [0.717, 1.165) is 55.0 Å². The lowest BCUT2D eigenvalue weighted by atomic mass is 9.92. The molecule has 242 valence electrons. The number of nitrogens with two attached hydrogens (primary N) is 2. The number of anilines is 2. The lowest BCUT2D eigenvalue weighted by Gasteiger charge is -2.33. The van der Waals surface area contributed by atoms with Crippen LogP contribution in [0.3, 0.4) is 0 Å². The summed E-state index contributed by atoms with van der Waals surface area (Å²) in [6.45, 7) is 5.24. The molecule has 0 saturated carbocycles. The van der Waals surface area contributed by atoms with E-state index in [0.29, 0.717) is 29.0 Å². The maximum Gasteiger partial charge on any atom is 0.221 e. The van der Waals surface area contributed by atoms with Crippen LogP contribution in [0.5, 0.6) is 11.5 Å². The summed E-state index contributed by atoms with van der Waals surface area (Å²) in [6, 6.07) is 20.3. The highest BCUT2D eigenvalue weighted by Gasteiger charge is 2.26. The van der Waals surface area contributed by atoms with E-state index in [1.165, 1.54) is 25.9 Å². The number of carbonyl (C=O) groups is 1. The summed E-state index contributed by atoms with van der Waals surface area (Å²) in [6.07, 6.45) is 7.02. The molecule has 1 fully saturated rings. The van der Waals surface area contributed by atoms with Crippen LogP contribution in [0, 0.1) is 0 Å². The van der Waals surface area contributed by atoms with Gasteiger partial charge in [-0.25, -0.2) is 4.98 Å². The molecule has 0 radical (unpaired) electrons. The first kappa shape index (κ1) is 31.7. The third-order valence-electron chi connectivity index (χ3n) is 8.68. The molecule has 11 heteroatoms. The standard InChI is InChI=1S/C36H40N8O3/c1-42-14-16-43(17-15-42)23-24-8-10-26(11-9-24)33-29-7-5-4-6-27(29)22-40-44(33)13-12-31(45)30-19-25(20-32(46-2)34(30)47-3)18-28-21-39-36(38)41-35(28)37/h4-13,19-22,33H,14-18,23H2,1-3H3,(H4,37,38,39,41)/b13-12+. The van der Waals surface area contributed by atoms with Crippen molar-refractivity contribution in [2.45, 2.75) is 19.0 Å². The minimum absolute atomic E-state index is 0.0995. The Kier molecular flexibility index (Phi) is 9.46. The number of piperazine rings is 1. The maximum atomic E-state index is 13.8. The minimum atomic E-state index is -0.265. The van der Waals surface area contributed by atoms with Crippen molar-refractivity contribution >= 4 is 23.8 Å². The van der Waals surface area contributed by atoms with E-state index < -0.39 is 0 Å². The highest BCUT2D eigenvalue weighted by molar-refractivity contribution is 6.07. The summed E-state index contributed by atoms with van der Waals surface area (Å²) in [7, 11) is 5.22. The first-order valence-corrected chi connectivity index (χ1v) is 15.6. The molecule has 3 aromatic carbocycles. The van der Waals surface area contributed by atoms with E-state index in [2.05, 4.69) is 63.2 Å². The summed E-state index contributed by atoms with van der Waals surface area (Å²) in [5, 5.41) is 6.58. The molecule has 0 spiro atoms. The fourth-order valence-corrected chi connectivity index (χ4v) is 6.07. The van der Waals surface area contributed by atoms with Gasteiger partial charge in [-0.05, 0) is 41.4 Å². The molecule has 1 unspecified atom stereocenters. The number of carbonyl (C=O) groups excluding carboxylic acids is 1. The number of rotatable bonds is 10. The lowest BCUT2D eigenvalue weighted by Crippen LogP contribution is -2.43. The van der Waals surface area contributed by atoms with E-state index in [9.17, 15) is 4.79 Å². The molecule has 2 aliphatic rings. The average molecular weight is 633 g/mol. The molecule has 0 bridgehead atoms. The van der Waals surface area contributed by atoms with Crippen LogP contribution in [0.1, 0.15) is 49.8 Å². The van der Waals surface area contributed by atoms with Crippen LogP contribution in [-0.2, 0) is 13.0 Å². The van der Waals surface area contributed by atoms with Gasteiger partial charge in [0.1, 0.15) is 11.9 Å². The number of methoxy groups -OCH3 is 2. The van der Waals surface area contributed by atoms with Gasteiger partial charge in [0, 0.05) is 68.7 Å². The number of hydrogen-bond donors (Lipinski definition) is 2. The van der Waals surface area contributed by atoms with E-state index >= 15 is 0 Å². The number of hydrogen-bond acceptors (Lipinski definition) is 11. The number of ether oxygens (including phenoxy) is 2. The Hall–Kier alpha value is -5.26. The minimum Gasteiger partial charge on any atom is -0.493 e. The number of benzene rings is 3. The second-order valence-electron chi connectivity index (χ2n) is 11.9. The fraction of sp³-hybridized carbons (Fsp3) is 0.278. The van der Waals surface area contributed by atoms with Crippen molar-refractivity contribution in [3.05, 3.63) is 118 Å². The largest absolute Gasteiger partial charge is 0.493 e. The van der Waals surface area contributed by atoms with Crippen LogP contribution in [0.25, 0.3) is 0 Å². The molecule has 4 aromatic rings. The molecule has 0 amide bonds. The van der Waals surface area contributed by atoms with Gasteiger partial charge in [0.15, 0.2) is 17.3 Å². The van der Waals surface area contributed by atoms with E-state index in [-0.39, 0.29) is 23.6 Å². The fourth-order valence-electron chi connectivity index (χ4n) is 6.07. The third kappa shape index (κ3) is 7.11. The lowest BCUT2D eigenvalue weighted by molar-refractivity contribution is 0.104. The molecule has 1 saturated heterocycles. The van der Waals surface area contributed by atoms with E-state index in [4.69, 9.17) is 26.0 Å². The number of ketones is 1. The molecule has 6 rings (SSSR count). The number of nitrogen functional groups attached to an aromatic ring is 2. The number of likely N-dealkylation sites (N-methyl/N-ethyl adjacent to an activating group) is 1. The SMILES string of the molecule is COc1cc(Cc2cnc(N)nc2N)cc(C(=O)/C=C/N2N=Cc3ccccc3C2c2ccc(CN3CCN(C)CC3)cc2)c1OC. The van der Waals surface area contributed by atoms with Crippen molar-refractivity contribution in [2.24, 2.45) is 5.10 Å². The monoisotopic (exact) mass is 632 g/mol. The normalized spacial score (nSPS) is 16.7. The molecule has 0 aliphatic carbocycles. The number of nitrogens with zero attached hydrogens (tertiary/aromatic N) is 6. The van der Waals surface area contributed by atoms with E-state index in [1.807, 2.05) is 29.4 Å². The van der Waals surface area contributed by atoms with Gasteiger partial charge in [-0.2, -0.15) is 10.1 Å². The van der Waals surface area contributed by atoms with Crippen molar-refractivity contribution in [1.82, 2.24) is 24.8 Å². The van der Waals surface area contributed by atoms with Crippen molar-refractivity contribution < 1.29 is 14.3 Å². The van der Waals surface area contributed by atoms with Crippen LogP contribution in [-0.4, -0.2) is 84.2 Å². The van der Waals surface area contributed by atoms with Gasteiger partial charge >= 0.3 is 0 Å². The summed E-state index contributed by atoms with van der Waals surface area (Å²) in [5.41, 5.74) is 18.1. The quantitative estimate of drug-likeness (QED) is 0.194. The molecule has 1 atom stereocenters. The molecule has 4 N–H and O–H groups in total. The molecular formula is C36H40N8O3. The van der Waals surface area contributed by atoms with Crippen LogP contribution in [0.15, 0.2) is 84.2 Å². The first-order valence-electron chi connectivity index (χ1n) is 15.6. The van der Waals surface area contributed by atoms with Crippen molar-refractivity contribution in [3.8, 4) is 11.5 Å². The Bertz CT molecular complexity index is 1800. The van der Waals surface area contributed by atoms with Gasteiger partial charge in [-0.3, -0.25) is 14.7 Å². The molecule has 11 nitrogen and oxygen atoms in total. The van der Waals surface area contributed by atoms with Gasteiger partial charge in [-0.15, -0.1) is 0 Å². The number of fused-ring (bicyclic) bond motifs is 1. The van der Waals surface area contributed by atoms with Gasteiger partial charge in [0.05, 0.1) is 26.0 Å². The molecule has 47 heavy (non-hydrogen) atoms. The van der Waals surface area contributed by atoms with E-state index in [1.54, 1.807) is 18.5 Å². The Morgan fingerprint density at radius 1 is 0.979 bits per heavy atom. The predicted molar refractivity (Wildman–Crippen MR) is 184 cm³/mol. The van der Waals surface area contributed by atoms with Crippen molar-refractivity contribution in [2.75, 3.05) is 58.9 Å². The zero-order valence-electron chi connectivity index (χ0n) is 27.0. The number of allylic oxidation sites excluding steroid dienone is 1. The van der Waals surface area contributed by atoms with Crippen molar-refractivity contribution in [1.29, 1.82) is 0 Å². The first-order chi connectivity index (χ1) is 22.8. The van der Waals surface area contributed by atoms with Gasteiger partial charge in [0.2, 0.25) is 5.95 Å². The second kappa shape index (κ2) is 14.0. The molecular weight excluding hydrogens is 592 g/mol. The smallest absolute Gasteiger partial charge is 0.221 e. The second-order valence-corrected chi connectivity index (χ2v) is 11.9. The molecule has 3 heterocycles. The summed E-state index contributed by atoms with van der Waals surface area (Å²) in [5.74, 6) is 0.881. The molecule has 1 aromatic heterocycles. The Labute approximate surface area is 275 Å².